The van der Waals surface area contributed by atoms with Crippen LogP contribution in [0.4, 0.5) is 5.13 Å². The highest BCUT2D eigenvalue weighted by Crippen LogP contribution is 2.38. The molecule has 0 bridgehead atoms. The number of benzene rings is 2. The van der Waals surface area contributed by atoms with Gasteiger partial charge in [0.15, 0.2) is 11.0 Å². The lowest BCUT2D eigenvalue weighted by Gasteiger charge is -2.13. The van der Waals surface area contributed by atoms with Crippen molar-refractivity contribution in [1.82, 2.24) is 19.4 Å². The standard InChI is InChI=1S/C26H23N5O3S/c1-16-10-11-18-19(15-16)25(34)31(24(18)33)13-6-9-20(32)28-26-29-21(17-7-4-3-5-8-17)22(35-26)23-27-12-14-30(23)2/h3-5,7-8,10-12,14-15H,6,9,13H2,1-2H3,(H,28,29,32). The Hall–Kier alpha value is -4.11. The van der Waals surface area contributed by atoms with Gasteiger partial charge in [-0.3, -0.25) is 19.3 Å². The van der Waals surface area contributed by atoms with Crippen LogP contribution in [0.5, 0.6) is 0 Å². The van der Waals surface area contributed by atoms with Gasteiger partial charge in [0.1, 0.15) is 0 Å². The number of imide groups is 1. The van der Waals surface area contributed by atoms with E-state index in [1.165, 1.54) is 16.2 Å². The molecule has 5 rings (SSSR count). The van der Waals surface area contributed by atoms with Crippen LogP contribution in [0.1, 0.15) is 39.1 Å². The first-order valence-corrected chi connectivity index (χ1v) is 12.0. The number of carbonyl (C=O) groups is 3. The van der Waals surface area contributed by atoms with Gasteiger partial charge >= 0.3 is 0 Å². The molecule has 0 unspecified atom stereocenters. The normalized spacial score (nSPS) is 12.8. The quantitative estimate of drug-likeness (QED) is 0.388. The van der Waals surface area contributed by atoms with E-state index in [2.05, 4.69) is 15.3 Å². The summed E-state index contributed by atoms with van der Waals surface area (Å²) in [6.45, 7) is 2.07. The van der Waals surface area contributed by atoms with Gasteiger partial charge < -0.3 is 9.88 Å². The summed E-state index contributed by atoms with van der Waals surface area (Å²) in [6, 6.07) is 15.0. The Balaban J connectivity index is 1.26. The maximum absolute atomic E-state index is 12.7. The van der Waals surface area contributed by atoms with Crippen LogP contribution >= 0.6 is 11.3 Å². The molecule has 9 heteroatoms. The van der Waals surface area contributed by atoms with Crippen molar-refractivity contribution in [3.63, 3.8) is 0 Å². The van der Waals surface area contributed by atoms with Gasteiger partial charge in [-0.15, -0.1) is 0 Å². The molecule has 0 fully saturated rings. The summed E-state index contributed by atoms with van der Waals surface area (Å²) in [5, 5.41) is 3.34. The van der Waals surface area contributed by atoms with Crippen molar-refractivity contribution in [2.45, 2.75) is 19.8 Å². The monoisotopic (exact) mass is 485 g/mol. The average Bonchev–Trinajstić information content (AvgIpc) is 3.52. The number of carbonyl (C=O) groups excluding carboxylic acids is 3. The Labute approximate surface area is 206 Å². The fourth-order valence-electron chi connectivity index (χ4n) is 4.09. The second-order valence-corrected chi connectivity index (χ2v) is 9.39. The third kappa shape index (κ3) is 4.38. The van der Waals surface area contributed by atoms with Crippen molar-refractivity contribution >= 4 is 34.2 Å². The Morgan fingerprint density at radius 1 is 1.06 bits per heavy atom. The molecule has 0 saturated carbocycles. The van der Waals surface area contributed by atoms with E-state index in [0.717, 1.165) is 27.5 Å². The Morgan fingerprint density at radius 3 is 2.57 bits per heavy atom. The molecule has 1 aliphatic rings. The van der Waals surface area contributed by atoms with E-state index >= 15 is 0 Å². The largest absolute Gasteiger partial charge is 0.333 e. The predicted octanol–water partition coefficient (Wildman–Crippen LogP) is 4.53. The third-order valence-corrected chi connectivity index (χ3v) is 6.82. The SMILES string of the molecule is Cc1ccc2c(c1)C(=O)N(CCCC(=O)Nc1nc(-c3ccccc3)c(-c3nccn3C)s1)C2=O. The van der Waals surface area contributed by atoms with E-state index < -0.39 is 0 Å². The first-order chi connectivity index (χ1) is 16.9. The Bertz CT molecular complexity index is 1440. The fraction of sp³-hybridized carbons (Fsp3) is 0.192. The molecule has 1 N–H and O–H groups in total. The van der Waals surface area contributed by atoms with E-state index in [9.17, 15) is 14.4 Å². The minimum atomic E-state index is -0.308. The molecule has 0 saturated heterocycles. The summed E-state index contributed by atoms with van der Waals surface area (Å²) in [6.07, 6.45) is 4.11. The maximum atomic E-state index is 12.7. The van der Waals surface area contributed by atoms with Crippen molar-refractivity contribution in [1.29, 1.82) is 0 Å². The highest BCUT2D eigenvalue weighted by molar-refractivity contribution is 7.19. The minimum Gasteiger partial charge on any atom is -0.333 e. The number of nitrogens with one attached hydrogen (secondary N) is 1. The van der Waals surface area contributed by atoms with Crippen LogP contribution in [-0.4, -0.2) is 43.7 Å². The summed E-state index contributed by atoms with van der Waals surface area (Å²) >= 11 is 1.36. The van der Waals surface area contributed by atoms with Gasteiger partial charge in [0.25, 0.3) is 11.8 Å². The van der Waals surface area contributed by atoms with E-state index in [-0.39, 0.29) is 30.7 Å². The van der Waals surface area contributed by atoms with Crippen LogP contribution < -0.4 is 5.32 Å². The number of nitrogens with zero attached hydrogens (tertiary/aromatic N) is 4. The molecule has 8 nitrogen and oxygen atoms in total. The number of thiazole rings is 1. The van der Waals surface area contributed by atoms with E-state index in [1.807, 2.05) is 61.1 Å². The van der Waals surface area contributed by atoms with Crippen molar-refractivity contribution in [2.24, 2.45) is 7.05 Å². The van der Waals surface area contributed by atoms with Crippen LogP contribution in [0, 0.1) is 6.92 Å². The number of imidazole rings is 1. The highest BCUT2D eigenvalue weighted by atomic mass is 32.1. The predicted molar refractivity (Wildman–Crippen MR) is 134 cm³/mol. The second-order valence-electron chi connectivity index (χ2n) is 8.39. The molecule has 2 aromatic heterocycles. The molecule has 1 aliphatic heterocycles. The molecule has 0 radical (unpaired) electrons. The first-order valence-electron chi connectivity index (χ1n) is 11.2. The zero-order valence-corrected chi connectivity index (χ0v) is 20.1. The highest BCUT2D eigenvalue weighted by Gasteiger charge is 2.35. The summed E-state index contributed by atoms with van der Waals surface area (Å²) in [5.41, 5.74) is 3.46. The molecule has 2 aromatic carbocycles. The van der Waals surface area contributed by atoms with Gasteiger partial charge in [-0.1, -0.05) is 53.3 Å². The molecule has 176 valence electrons. The van der Waals surface area contributed by atoms with Crippen LogP contribution in [0.3, 0.4) is 0 Å². The molecule has 35 heavy (non-hydrogen) atoms. The van der Waals surface area contributed by atoms with Gasteiger partial charge in [0.05, 0.1) is 21.7 Å². The molecule has 4 aromatic rings. The topological polar surface area (TPSA) is 97.2 Å². The lowest BCUT2D eigenvalue weighted by Crippen LogP contribution is -2.31. The smallest absolute Gasteiger partial charge is 0.261 e. The van der Waals surface area contributed by atoms with Gasteiger partial charge in [0, 0.05) is 38.0 Å². The molecule has 3 amide bonds. The van der Waals surface area contributed by atoms with Gasteiger partial charge in [-0.05, 0) is 25.5 Å². The summed E-state index contributed by atoms with van der Waals surface area (Å²) in [4.78, 5) is 49.1. The maximum Gasteiger partial charge on any atom is 0.261 e. The van der Waals surface area contributed by atoms with E-state index in [1.54, 1.807) is 18.3 Å². The van der Waals surface area contributed by atoms with Crippen LogP contribution in [0.25, 0.3) is 22.0 Å². The third-order valence-electron chi connectivity index (χ3n) is 5.86. The molecule has 0 atom stereocenters. The summed E-state index contributed by atoms with van der Waals surface area (Å²) < 4.78 is 1.91. The van der Waals surface area contributed by atoms with E-state index in [0.29, 0.717) is 22.7 Å². The number of anilines is 1. The molecular formula is C26H23N5O3S. The molecule has 3 heterocycles. The van der Waals surface area contributed by atoms with Gasteiger partial charge in [-0.25, -0.2) is 9.97 Å². The number of hydrogen-bond acceptors (Lipinski definition) is 6. The number of rotatable bonds is 7. The lowest BCUT2D eigenvalue weighted by atomic mass is 10.1. The Morgan fingerprint density at radius 2 is 1.83 bits per heavy atom. The van der Waals surface area contributed by atoms with Crippen molar-refractivity contribution < 1.29 is 14.4 Å². The average molecular weight is 486 g/mol. The van der Waals surface area contributed by atoms with Crippen LogP contribution in [0.15, 0.2) is 60.9 Å². The van der Waals surface area contributed by atoms with Crippen molar-refractivity contribution in [3.8, 4) is 22.0 Å². The molecule has 0 spiro atoms. The van der Waals surface area contributed by atoms with Gasteiger partial charge in [-0.2, -0.15) is 0 Å². The number of amides is 3. The van der Waals surface area contributed by atoms with Crippen LogP contribution in [0.2, 0.25) is 0 Å². The zero-order valence-electron chi connectivity index (χ0n) is 19.3. The van der Waals surface area contributed by atoms with E-state index in [4.69, 9.17) is 0 Å². The van der Waals surface area contributed by atoms with Gasteiger partial charge in [0.2, 0.25) is 5.91 Å². The zero-order chi connectivity index (χ0) is 24.5. The first kappa shape index (κ1) is 22.7. The number of fused-ring (bicyclic) bond motifs is 1. The summed E-state index contributed by atoms with van der Waals surface area (Å²) in [7, 11) is 1.91. The fourth-order valence-corrected chi connectivity index (χ4v) is 5.13. The van der Waals surface area contributed by atoms with Crippen molar-refractivity contribution in [2.75, 3.05) is 11.9 Å². The summed E-state index contributed by atoms with van der Waals surface area (Å²) in [5.74, 6) is -0.0706. The second kappa shape index (κ2) is 9.27. The number of aryl methyl sites for hydroxylation is 2. The number of aromatic nitrogens is 3. The number of hydrogen-bond donors (Lipinski definition) is 1. The van der Waals surface area contributed by atoms with Crippen molar-refractivity contribution in [3.05, 3.63) is 77.6 Å². The molecule has 0 aliphatic carbocycles. The van der Waals surface area contributed by atoms with Crippen LogP contribution in [-0.2, 0) is 11.8 Å². The Kier molecular flexibility index (Phi) is 6.00. The molecular weight excluding hydrogens is 462 g/mol. The lowest BCUT2D eigenvalue weighted by molar-refractivity contribution is -0.116. The minimum absolute atomic E-state index is 0.157.